The molecule has 5 heteroatoms. The van der Waals surface area contributed by atoms with E-state index in [-0.39, 0.29) is 10.6 Å². The highest BCUT2D eigenvalue weighted by atomic mass is 32.2. The third kappa shape index (κ3) is 2.19. The first-order valence-electron chi connectivity index (χ1n) is 3.93. The fourth-order valence-corrected chi connectivity index (χ4v) is 1.81. The molecule has 0 unspecified atom stereocenters. The van der Waals surface area contributed by atoms with Crippen molar-refractivity contribution in [3.05, 3.63) is 34.4 Å². The van der Waals surface area contributed by atoms with Gasteiger partial charge in [-0.05, 0) is 18.0 Å². The molecular formula is C8H8N2O2S. The molecule has 0 spiro atoms. The van der Waals surface area contributed by atoms with Crippen LogP contribution in [0.25, 0.3) is 0 Å². The number of non-ortho nitro benzene ring substituents is 1. The van der Waals surface area contributed by atoms with Crippen LogP contribution in [0.5, 0.6) is 0 Å². The summed E-state index contributed by atoms with van der Waals surface area (Å²) >= 11 is 1.57. The minimum absolute atomic E-state index is 0.159. The summed E-state index contributed by atoms with van der Waals surface area (Å²) in [5, 5.41) is 10.4. The van der Waals surface area contributed by atoms with Crippen molar-refractivity contribution >= 4 is 17.6 Å². The molecule has 0 aromatic heterocycles. The minimum Gasteiger partial charge on any atom is -0.258 e. The monoisotopic (exact) mass is 196 g/mol. The van der Waals surface area contributed by atoms with Crippen LogP contribution >= 0.6 is 11.9 Å². The van der Waals surface area contributed by atoms with E-state index < -0.39 is 0 Å². The van der Waals surface area contributed by atoms with Crippen LogP contribution in [0.2, 0.25) is 0 Å². The number of rotatable bonds is 3. The molecule has 1 fully saturated rings. The van der Waals surface area contributed by atoms with Gasteiger partial charge >= 0.3 is 0 Å². The first-order chi connectivity index (χ1) is 6.25. The van der Waals surface area contributed by atoms with Crippen molar-refractivity contribution < 1.29 is 4.92 Å². The lowest BCUT2D eigenvalue weighted by molar-refractivity contribution is -0.385. The van der Waals surface area contributed by atoms with Crippen LogP contribution in [0.1, 0.15) is 0 Å². The Bertz CT molecular complexity index is 339. The number of nitro groups is 1. The number of hydrogen-bond acceptors (Lipinski definition) is 4. The van der Waals surface area contributed by atoms with E-state index in [1.807, 2.05) is 6.07 Å². The zero-order valence-electron chi connectivity index (χ0n) is 6.84. The molecule has 2 rings (SSSR count). The van der Waals surface area contributed by atoms with Crippen molar-refractivity contribution in [2.75, 3.05) is 13.1 Å². The number of hydrogen-bond donors (Lipinski definition) is 0. The summed E-state index contributed by atoms with van der Waals surface area (Å²) in [4.78, 5) is 11.0. The molecular weight excluding hydrogens is 188 g/mol. The standard InChI is InChI=1S/C8H8N2O2S/c11-10(12)7-2-1-3-8(6-7)13-9-4-5-9/h1-3,6H,4-5H2. The SMILES string of the molecule is O=[N+]([O-])c1cccc(SN2CC2)c1. The summed E-state index contributed by atoms with van der Waals surface area (Å²) in [5.41, 5.74) is 0.159. The molecule has 0 N–H and O–H groups in total. The molecule has 1 aromatic rings. The molecule has 0 amide bonds. The fraction of sp³-hybridized carbons (Fsp3) is 0.250. The van der Waals surface area contributed by atoms with Gasteiger partial charge in [0.1, 0.15) is 0 Å². The normalized spacial score (nSPS) is 15.7. The Kier molecular flexibility index (Phi) is 2.20. The molecule has 1 saturated heterocycles. The largest absolute Gasteiger partial charge is 0.270 e. The topological polar surface area (TPSA) is 46.1 Å². The molecule has 4 nitrogen and oxygen atoms in total. The van der Waals surface area contributed by atoms with Crippen LogP contribution in [0.15, 0.2) is 29.2 Å². The van der Waals surface area contributed by atoms with Gasteiger partial charge in [0, 0.05) is 30.1 Å². The highest BCUT2D eigenvalue weighted by molar-refractivity contribution is 7.97. The molecule has 0 aliphatic carbocycles. The Hall–Kier alpha value is -1.07. The predicted octanol–water partition coefficient (Wildman–Crippen LogP) is 1.92. The van der Waals surface area contributed by atoms with Crippen LogP contribution in [0.3, 0.4) is 0 Å². The molecule has 0 atom stereocenters. The summed E-state index contributed by atoms with van der Waals surface area (Å²) in [6.45, 7) is 2.15. The lowest BCUT2D eigenvalue weighted by Crippen LogP contribution is -1.88. The van der Waals surface area contributed by atoms with Crippen LogP contribution in [0.4, 0.5) is 5.69 Å². The van der Waals surface area contributed by atoms with Crippen LogP contribution < -0.4 is 0 Å². The molecule has 1 heterocycles. The first-order valence-corrected chi connectivity index (χ1v) is 4.70. The molecule has 68 valence electrons. The Morgan fingerprint density at radius 2 is 2.23 bits per heavy atom. The Morgan fingerprint density at radius 1 is 1.46 bits per heavy atom. The Balaban J connectivity index is 2.15. The van der Waals surface area contributed by atoms with E-state index in [0.29, 0.717) is 0 Å². The van der Waals surface area contributed by atoms with E-state index in [4.69, 9.17) is 0 Å². The minimum atomic E-state index is -0.369. The van der Waals surface area contributed by atoms with Crippen molar-refractivity contribution in [3.63, 3.8) is 0 Å². The second-order valence-electron chi connectivity index (χ2n) is 2.77. The van der Waals surface area contributed by atoms with Crippen molar-refractivity contribution in [2.45, 2.75) is 4.90 Å². The summed E-state index contributed by atoms with van der Waals surface area (Å²) < 4.78 is 2.14. The van der Waals surface area contributed by atoms with E-state index >= 15 is 0 Å². The molecule has 1 aliphatic heterocycles. The zero-order chi connectivity index (χ0) is 9.26. The van der Waals surface area contributed by atoms with Gasteiger partial charge < -0.3 is 0 Å². The van der Waals surface area contributed by atoms with Gasteiger partial charge in [0.05, 0.1) is 4.92 Å². The van der Waals surface area contributed by atoms with E-state index in [1.54, 1.807) is 24.1 Å². The average Bonchev–Trinajstić information content (AvgIpc) is 2.89. The van der Waals surface area contributed by atoms with Crippen LogP contribution in [0, 0.1) is 10.1 Å². The summed E-state index contributed by atoms with van der Waals surface area (Å²) in [6.07, 6.45) is 0. The first kappa shape index (κ1) is 8.52. The van der Waals surface area contributed by atoms with Crippen LogP contribution in [-0.2, 0) is 0 Å². The van der Waals surface area contributed by atoms with E-state index in [0.717, 1.165) is 18.0 Å². The maximum Gasteiger partial charge on any atom is 0.270 e. The van der Waals surface area contributed by atoms with Gasteiger partial charge in [0.25, 0.3) is 5.69 Å². The van der Waals surface area contributed by atoms with Crippen molar-refractivity contribution in [2.24, 2.45) is 0 Å². The highest BCUT2D eigenvalue weighted by Crippen LogP contribution is 2.29. The molecule has 0 bridgehead atoms. The van der Waals surface area contributed by atoms with Gasteiger partial charge in [-0.25, -0.2) is 4.31 Å². The van der Waals surface area contributed by atoms with E-state index in [9.17, 15) is 10.1 Å². The maximum absolute atomic E-state index is 10.4. The predicted molar refractivity (Wildman–Crippen MR) is 50.5 cm³/mol. The Labute approximate surface area is 79.8 Å². The maximum atomic E-state index is 10.4. The lowest BCUT2D eigenvalue weighted by Gasteiger charge is -1.99. The van der Waals surface area contributed by atoms with E-state index in [2.05, 4.69) is 4.31 Å². The number of nitrogens with zero attached hydrogens (tertiary/aromatic N) is 2. The van der Waals surface area contributed by atoms with Crippen LogP contribution in [-0.4, -0.2) is 22.3 Å². The van der Waals surface area contributed by atoms with Gasteiger partial charge in [-0.3, -0.25) is 10.1 Å². The average molecular weight is 196 g/mol. The Morgan fingerprint density at radius 3 is 2.85 bits per heavy atom. The second kappa shape index (κ2) is 3.35. The smallest absolute Gasteiger partial charge is 0.258 e. The quantitative estimate of drug-likeness (QED) is 0.320. The molecule has 13 heavy (non-hydrogen) atoms. The summed E-state index contributed by atoms with van der Waals surface area (Å²) in [6, 6.07) is 6.70. The van der Waals surface area contributed by atoms with E-state index in [1.165, 1.54) is 6.07 Å². The molecule has 1 aromatic carbocycles. The van der Waals surface area contributed by atoms with Gasteiger partial charge in [-0.2, -0.15) is 0 Å². The molecule has 0 radical (unpaired) electrons. The van der Waals surface area contributed by atoms with Crippen molar-refractivity contribution in [1.29, 1.82) is 0 Å². The van der Waals surface area contributed by atoms with Gasteiger partial charge in [-0.1, -0.05) is 6.07 Å². The second-order valence-corrected chi connectivity index (χ2v) is 3.95. The van der Waals surface area contributed by atoms with Crippen molar-refractivity contribution in [1.82, 2.24) is 4.31 Å². The molecule has 1 aliphatic rings. The summed E-state index contributed by atoms with van der Waals surface area (Å²) in [7, 11) is 0. The third-order valence-corrected chi connectivity index (χ3v) is 2.76. The van der Waals surface area contributed by atoms with Crippen molar-refractivity contribution in [3.8, 4) is 0 Å². The highest BCUT2D eigenvalue weighted by Gasteiger charge is 2.19. The van der Waals surface area contributed by atoms with Gasteiger partial charge in [0.2, 0.25) is 0 Å². The number of benzene rings is 1. The summed E-state index contributed by atoms with van der Waals surface area (Å²) in [5.74, 6) is 0. The van der Waals surface area contributed by atoms with Gasteiger partial charge in [0.15, 0.2) is 0 Å². The third-order valence-electron chi connectivity index (χ3n) is 1.67. The zero-order valence-corrected chi connectivity index (χ0v) is 7.66. The number of nitro benzene ring substituents is 1. The fourth-order valence-electron chi connectivity index (χ4n) is 0.935. The van der Waals surface area contributed by atoms with Gasteiger partial charge in [-0.15, -0.1) is 0 Å². The molecule has 0 saturated carbocycles. The lowest BCUT2D eigenvalue weighted by atomic mass is 10.3.